The predicted molar refractivity (Wildman–Crippen MR) is 55.5 cm³/mol. The average molecular weight is 188 g/mol. The van der Waals surface area contributed by atoms with E-state index in [1.165, 1.54) is 0 Å². The fraction of sp³-hybridized carbons (Fsp3) is 1.00. The van der Waals surface area contributed by atoms with Crippen molar-refractivity contribution < 1.29 is 10.2 Å². The van der Waals surface area contributed by atoms with Gasteiger partial charge in [-0.3, -0.25) is 0 Å². The van der Waals surface area contributed by atoms with Crippen LogP contribution in [0.25, 0.3) is 0 Å². The Morgan fingerprint density at radius 2 is 1.46 bits per heavy atom. The Kier molecular flexibility index (Phi) is 6.35. The monoisotopic (exact) mass is 188 g/mol. The van der Waals surface area contributed by atoms with Crippen molar-refractivity contribution >= 4 is 0 Å². The van der Waals surface area contributed by atoms with Crippen molar-refractivity contribution in [3.63, 3.8) is 0 Å². The third kappa shape index (κ3) is 4.63. The van der Waals surface area contributed by atoms with Gasteiger partial charge >= 0.3 is 0 Å². The first-order chi connectivity index (χ1) is 6.00. The summed E-state index contributed by atoms with van der Waals surface area (Å²) in [6.45, 7) is 8.76. The Labute approximate surface area is 82.0 Å². The first-order valence-corrected chi connectivity index (χ1v) is 5.29. The Morgan fingerprint density at radius 3 is 1.77 bits per heavy atom. The molecule has 2 heteroatoms. The molecule has 0 spiro atoms. The molecule has 0 aliphatic heterocycles. The number of aliphatic hydroxyl groups excluding tert-OH is 2. The van der Waals surface area contributed by atoms with Crippen molar-refractivity contribution in [2.45, 2.75) is 46.6 Å². The highest BCUT2D eigenvalue weighted by molar-refractivity contribution is 4.74. The summed E-state index contributed by atoms with van der Waals surface area (Å²) in [6, 6.07) is 0. The van der Waals surface area contributed by atoms with Crippen LogP contribution in [0.15, 0.2) is 0 Å². The molecular weight excluding hydrogens is 164 g/mol. The van der Waals surface area contributed by atoms with E-state index < -0.39 is 0 Å². The standard InChI is InChI=1S/C11H24O2/c1-8(2)11(9(3)4)10(13)6-5-7-12/h8-13H,5-7H2,1-4H3. The molecule has 2 nitrogen and oxygen atoms in total. The largest absolute Gasteiger partial charge is 0.396 e. The van der Waals surface area contributed by atoms with Crippen LogP contribution in [0, 0.1) is 17.8 Å². The highest BCUT2D eigenvalue weighted by Gasteiger charge is 2.24. The SMILES string of the molecule is CC(C)C(C(C)C)C(O)CCCO. The smallest absolute Gasteiger partial charge is 0.0574 e. The van der Waals surface area contributed by atoms with Gasteiger partial charge < -0.3 is 10.2 Å². The molecule has 0 saturated heterocycles. The van der Waals surface area contributed by atoms with Crippen LogP contribution in [-0.2, 0) is 0 Å². The molecule has 0 amide bonds. The van der Waals surface area contributed by atoms with Crippen LogP contribution < -0.4 is 0 Å². The summed E-state index contributed by atoms with van der Waals surface area (Å²) in [7, 11) is 0. The van der Waals surface area contributed by atoms with Gasteiger partial charge in [0.25, 0.3) is 0 Å². The molecule has 1 atom stereocenters. The third-order valence-electron chi connectivity index (χ3n) is 2.64. The molecule has 0 aromatic carbocycles. The molecule has 0 bridgehead atoms. The third-order valence-corrected chi connectivity index (χ3v) is 2.64. The lowest BCUT2D eigenvalue weighted by molar-refractivity contribution is 0.0415. The molecule has 0 fully saturated rings. The second-order valence-electron chi connectivity index (χ2n) is 4.50. The predicted octanol–water partition coefficient (Wildman–Crippen LogP) is 2.05. The van der Waals surface area contributed by atoms with Crippen molar-refractivity contribution in [1.82, 2.24) is 0 Å². The fourth-order valence-corrected chi connectivity index (χ4v) is 2.15. The van der Waals surface area contributed by atoms with E-state index in [2.05, 4.69) is 27.7 Å². The second kappa shape index (κ2) is 6.39. The summed E-state index contributed by atoms with van der Waals surface area (Å²) in [4.78, 5) is 0. The van der Waals surface area contributed by atoms with Gasteiger partial charge in [0.15, 0.2) is 0 Å². The van der Waals surface area contributed by atoms with Gasteiger partial charge in [-0.1, -0.05) is 27.7 Å². The molecule has 0 aromatic rings. The topological polar surface area (TPSA) is 40.5 Å². The van der Waals surface area contributed by atoms with Crippen molar-refractivity contribution in [3.8, 4) is 0 Å². The van der Waals surface area contributed by atoms with Gasteiger partial charge in [0.1, 0.15) is 0 Å². The van der Waals surface area contributed by atoms with Crippen molar-refractivity contribution in [1.29, 1.82) is 0 Å². The van der Waals surface area contributed by atoms with Gasteiger partial charge in [0.05, 0.1) is 6.10 Å². The maximum atomic E-state index is 9.87. The highest BCUT2D eigenvalue weighted by Crippen LogP contribution is 2.26. The zero-order chi connectivity index (χ0) is 10.4. The van der Waals surface area contributed by atoms with E-state index in [0.29, 0.717) is 24.2 Å². The van der Waals surface area contributed by atoms with E-state index in [1.54, 1.807) is 0 Å². The molecule has 13 heavy (non-hydrogen) atoms. The van der Waals surface area contributed by atoms with Gasteiger partial charge in [0.2, 0.25) is 0 Å². The summed E-state index contributed by atoms with van der Waals surface area (Å²) in [5, 5.41) is 18.5. The van der Waals surface area contributed by atoms with Crippen molar-refractivity contribution in [3.05, 3.63) is 0 Å². The van der Waals surface area contributed by atoms with Crippen LogP contribution in [0.2, 0.25) is 0 Å². The maximum Gasteiger partial charge on any atom is 0.0574 e. The Bertz CT molecular complexity index is 113. The first kappa shape index (κ1) is 12.9. The second-order valence-corrected chi connectivity index (χ2v) is 4.50. The van der Waals surface area contributed by atoms with E-state index >= 15 is 0 Å². The minimum Gasteiger partial charge on any atom is -0.396 e. The van der Waals surface area contributed by atoms with Gasteiger partial charge in [-0.15, -0.1) is 0 Å². The van der Waals surface area contributed by atoms with E-state index in [0.717, 1.165) is 6.42 Å². The van der Waals surface area contributed by atoms with Crippen molar-refractivity contribution in [2.75, 3.05) is 6.61 Å². The summed E-state index contributed by atoms with van der Waals surface area (Å²) in [5.74, 6) is 1.37. The zero-order valence-electron chi connectivity index (χ0n) is 9.33. The van der Waals surface area contributed by atoms with E-state index in [-0.39, 0.29) is 12.7 Å². The molecule has 0 radical (unpaired) electrons. The highest BCUT2D eigenvalue weighted by atomic mass is 16.3. The molecule has 0 aliphatic carbocycles. The number of hydrogen-bond acceptors (Lipinski definition) is 2. The summed E-state index contributed by atoms with van der Waals surface area (Å²) < 4.78 is 0. The quantitative estimate of drug-likeness (QED) is 0.669. The number of rotatable bonds is 6. The maximum absolute atomic E-state index is 9.87. The van der Waals surface area contributed by atoms with Gasteiger partial charge in [0, 0.05) is 6.61 Å². The summed E-state index contributed by atoms with van der Waals surface area (Å²) in [6.07, 6.45) is 1.17. The van der Waals surface area contributed by atoms with Gasteiger partial charge in [-0.2, -0.15) is 0 Å². The van der Waals surface area contributed by atoms with Crippen LogP contribution in [-0.4, -0.2) is 22.9 Å². The lowest BCUT2D eigenvalue weighted by Crippen LogP contribution is -2.29. The molecule has 0 rings (SSSR count). The molecule has 80 valence electrons. The minimum atomic E-state index is -0.257. The molecule has 2 N–H and O–H groups in total. The lowest BCUT2D eigenvalue weighted by Gasteiger charge is -2.29. The van der Waals surface area contributed by atoms with E-state index in [1.807, 2.05) is 0 Å². The summed E-state index contributed by atoms with van der Waals surface area (Å²) >= 11 is 0. The minimum absolute atomic E-state index is 0.181. The van der Waals surface area contributed by atoms with Crippen LogP contribution >= 0.6 is 0 Å². The fourth-order valence-electron chi connectivity index (χ4n) is 2.15. The molecule has 0 aromatic heterocycles. The molecular formula is C11H24O2. The first-order valence-electron chi connectivity index (χ1n) is 5.29. The van der Waals surface area contributed by atoms with Crippen LogP contribution in [0.4, 0.5) is 0 Å². The zero-order valence-corrected chi connectivity index (χ0v) is 9.33. The average Bonchev–Trinajstić information content (AvgIpc) is 1.99. The van der Waals surface area contributed by atoms with Crippen LogP contribution in [0.1, 0.15) is 40.5 Å². The Morgan fingerprint density at radius 1 is 1.00 bits per heavy atom. The van der Waals surface area contributed by atoms with Crippen LogP contribution in [0.3, 0.4) is 0 Å². The van der Waals surface area contributed by atoms with Gasteiger partial charge in [-0.05, 0) is 30.6 Å². The molecule has 0 aliphatic rings. The number of hydrogen-bond donors (Lipinski definition) is 2. The molecule has 0 saturated carbocycles. The molecule has 1 unspecified atom stereocenters. The van der Waals surface area contributed by atoms with Crippen LogP contribution in [0.5, 0.6) is 0 Å². The molecule has 0 heterocycles. The number of aliphatic hydroxyl groups is 2. The van der Waals surface area contributed by atoms with E-state index in [9.17, 15) is 5.11 Å². The Hall–Kier alpha value is -0.0800. The van der Waals surface area contributed by atoms with Crippen molar-refractivity contribution in [2.24, 2.45) is 17.8 Å². The van der Waals surface area contributed by atoms with E-state index in [4.69, 9.17) is 5.11 Å². The lowest BCUT2D eigenvalue weighted by atomic mass is 9.80. The summed E-state index contributed by atoms with van der Waals surface area (Å²) in [5.41, 5.74) is 0. The normalized spacial score (nSPS) is 14.5. The Balaban J connectivity index is 4.04. The van der Waals surface area contributed by atoms with Gasteiger partial charge in [-0.25, -0.2) is 0 Å².